The van der Waals surface area contributed by atoms with Crippen LogP contribution in [0.1, 0.15) is 26.2 Å². The number of hydrogen-bond acceptors (Lipinski definition) is 4. The lowest BCUT2D eigenvalue weighted by molar-refractivity contribution is 0.284. The number of nitrogen functional groups attached to an aromatic ring is 1. The van der Waals surface area contributed by atoms with Gasteiger partial charge in [0.1, 0.15) is 0 Å². The van der Waals surface area contributed by atoms with Crippen LogP contribution in [0.4, 0.5) is 11.9 Å². The van der Waals surface area contributed by atoms with Gasteiger partial charge in [0.25, 0.3) is 0 Å². The van der Waals surface area contributed by atoms with Crippen molar-refractivity contribution in [3.05, 3.63) is 0 Å². The molecule has 1 aromatic heterocycles. The number of nitrogens with zero attached hydrogens (tertiary/aromatic N) is 2. The molecule has 5 heteroatoms. The summed E-state index contributed by atoms with van der Waals surface area (Å²) in [6.07, 6.45) is 3.98. The number of aromatic amines is 1. The minimum absolute atomic E-state index is 0.364. The molecular formula is C8H15N5. The van der Waals surface area contributed by atoms with Crippen LogP contribution < -0.4 is 11.1 Å². The fourth-order valence-electron chi connectivity index (χ4n) is 1.60. The van der Waals surface area contributed by atoms with Crippen LogP contribution in [0.2, 0.25) is 0 Å². The van der Waals surface area contributed by atoms with Gasteiger partial charge in [-0.2, -0.15) is 4.98 Å². The molecule has 0 saturated heterocycles. The highest BCUT2D eigenvalue weighted by Gasteiger charge is 2.24. The second-order valence-electron chi connectivity index (χ2n) is 3.67. The largest absolute Gasteiger partial charge is 0.368 e. The van der Waals surface area contributed by atoms with Crippen molar-refractivity contribution >= 4 is 11.9 Å². The first-order valence-electron chi connectivity index (χ1n) is 4.70. The van der Waals surface area contributed by atoms with Gasteiger partial charge < -0.3 is 11.1 Å². The van der Waals surface area contributed by atoms with E-state index in [0.717, 1.165) is 5.92 Å². The van der Waals surface area contributed by atoms with E-state index in [4.69, 9.17) is 5.73 Å². The minimum Gasteiger partial charge on any atom is -0.368 e. The van der Waals surface area contributed by atoms with Gasteiger partial charge in [-0.15, -0.1) is 5.10 Å². The smallest absolute Gasteiger partial charge is 0.243 e. The van der Waals surface area contributed by atoms with E-state index in [1.807, 2.05) is 0 Å². The first-order chi connectivity index (χ1) is 6.25. The third kappa shape index (κ3) is 1.74. The maximum Gasteiger partial charge on any atom is 0.243 e. The van der Waals surface area contributed by atoms with E-state index in [2.05, 4.69) is 27.4 Å². The molecule has 1 aliphatic rings. The van der Waals surface area contributed by atoms with Crippen molar-refractivity contribution in [3.8, 4) is 0 Å². The number of rotatable bonds is 3. The number of nitrogens with two attached hydrogens (primary N) is 1. The van der Waals surface area contributed by atoms with Crippen molar-refractivity contribution in [1.29, 1.82) is 0 Å². The molecule has 0 aromatic carbocycles. The van der Waals surface area contributed by atoms with Crippen LogP contribution in [0.25, 0.3) is 0 Å². The maximum absolute atomic E-state index is 5.41. The van der Waals surface area contributed by atoms with Gasteiger partial charge in [-0.25, -0.2) is 5.10 Å². The Morgan fingerprint density at radius 2 is 2.38 bits per heavy atom. The summed E-state index contributed by atoms with van der Waals surface area (Å²) in [5, 5.41) is 9.76. The third-order valence-corrected chi connectivity index (χ3v) is 2.72. The molecule has 0 radical (unpaired) electrons. The monoisotopic (exact) mass is 181 g/mol. The number of H-pyrrole nitrogens is 1. The highest BCUT2D eigenvalue weighted by molar-refractivity contribution is 5.30. The third-order valence-electron chi connectivity index (χ3n) is 2.72. The average molecular weight is 181 g/mol. The van der Waals surface area contributed by atoms with Gasteiger partial charge >= 0.3 is 0 Å². The van der Waals surface area contributed by atoms with E-state index in [0.29, 0.717) is 17.9 Å². The Hall–Kier alpha value is -1.26. The summed E-state index contributed by atoms with van der Waals surface area (Å²) in [6, 6.07) is 0.448. The average Bonchev–Trinajstić information content (AvgIpc) is 2.31. The lowest BCUT2D eigenvalue weighted by Gasteiger charge is -2.31. The van der Waals surface area contributed by atoms with Crippen LogP contribution >= 0.6 is 0 Å². The topological polar surface area (TPSA) is 79.6 Å². The fourth-order valence-corrected chi connectivity index (χ4v) is 1.60. The van der Waals surface area contributed by atoms with Gasteiger partial charge in [0, 0.05) is 6.04 Å². The number of hydrogen-bond donors (Lipinski definition) is 3. The lowest BCUT2D eigenvalue weighted by atomic mass is 9.80. The number of aromatic nitrogens is 3. The Morgan fingerprint density at radius 1 is 1.62 bits per heavy atom. The summed E-state index contributed by atoms with van der Waals surface area (Å²) < 4.78 is 0. The highest BCUT2D eigenvalue weighted by atomic mass is 15.3. The summed E-state index contributed by atoms with van der Waals surface area (Å²) in [5.74, 6) is 1.75. The zero-order valence-corrected chi connectivity index (χ0v) is 7.75. The summed E-state index contributed by atoms with van der Waals surface area (Å²) >= 11 is 0. The summed E-state index contributed by atoms with van der Waals surface area (Å²) in [4.78, 5) is 3.99. The van der Waals surface area contributed by atoms with Crippen molar-refractivity contribution in [3.63, 3.8) is 0 Å². The van der Waals surface area contributed by atoms with E-state index in [1.165, 1.54) is 19.3 Å². The Balaban J connectivity index is 1.89. The van der Waals surface area contributed by atoms with Gasteiger partial charge in [-0.3, -0.25) is 0 Å². The molecule has 13 heavy (non-hydrogen) atoms. The van der Waals surface area contributed by atoms with E-state index in [1.54, 1.807) is 0 Å². The van der Waals surface area contributed by atoms with Crippen molar-refractivity contribution < 1.29 is 0 Å². The van der Waals surface area contributed by atoms with Crippen LogP contribution in [0, 0.1) is 5.92 Å². The molecule has 1 atom stereocenters. The first kappa shape index (κ1) is 8.34. The lowest BCUT2D eigenvalue weighted by Crippen LogP contribution is -2.31. The molecule has 2 rings (SSSR count). The van der Waals surface area contributed by atoms with Crippen LogP contribution in [0.15, 0.2) is 0 Å². The second-order valence-corrected chi connectivity index (χ2v) is 3.67. The van der Waals surface area contributed by atoms with E-state index < -0.39 is 0 Å². The molecule has 5 nitrogen and oxygen atoms in total. The molecule has 4 N–H and O–H groups in total. The molecule has 1 fully saturated rings. The predicted molar refractivity (Wildman–Crippen MR) is 51.2 cm³/mol. The van der Waals surface area contributed by atoms with Crippen molar-refractivity contribution in [2.75, 3.05) is 11.1 Å². The molecule has 0 amide bonds. The summed E-state index contributed by atoms with van der Waals surface area (Å²) in [6.45, 7) is 2.16. The van der Waals surface area contributed by atoms with Gasteiger partial charge in [0.05, 0.1) is 0 Å². The number of anilines is 2. The normalized spacial score (nSPS) is 19.5. The molecule has 1 aromatic rings. The standard InChI is InChI=1S/C8H15N5/c1-5(6-3-2-4-6)10-8-11-7(9)12-13-8/h5-6H,2-4H2,1H3,(H4,9,10,11,12,13). The van der Waals surface area contributed by atoms with Gasteiger partial charge in [0.2, 0.25) is 11.9 Å². The number of nitrogens with one attached hydrogen (secondary N) is 2. The van der Waals surface area contributed by atoms with Gasteiger partial charge in [-0.1, -0.05) is 6.42 Å². The maximum atomic E-state index is 5.41. The van der Waals surface area contributed by atoms with Crippen molar-refractivity contribution in [2.24, 2.45) is 5.92 Å². The first-order valence-corrected chi connectivity index (χ1v) is 4.70. The molecular weight excluding hydrogens is 166 g/mol. The Morgan fingerprint density at radius 3 is 2.85 bits per heavy atom. The molecule has 0 bridgehead atoms. The van der Waals surface area contributed by atoms with Crippen LogP contribution in [-0.2, 0) is 0 Å². The van der Waals surface area contributed by atoms with Crippen LogP contribution in [-0.4, -0.2) is 21.2 Å². The molecule has 1 aliphatic carbocycles. The van der Waals surface area contributed by atoms with Gasteiger partial charge in [-0.05, 0) is 25.7 Å². The SMILES string of the molecule is CC(Nc1n[nH]c(N)n1)C1CCC1. The van der Waals surface area contributed by atoms with E-state index in [-0.39, 0.29) is 0 Å². The fraction of sp³-hybridized carbons (Fsp3) is 0.750. The molecule has 0 aliphatic heterocycles. The summed E-state index contributed by atoms with van der Waals surface area (Å²) in [7, 11) is 0. The van der Waals surface area contributed by atoms with E-state index in [9.17, 15) is 0 Å². The summed E-state index contributed by atoms with van der Waals surface area (Å²) in [5.41, 5.74) is 5.41. The second kappa shape index (κ2) is 3.24. The van der Waals surface area contributed by atoms with Crippen LogP contribution in [0.3, 0.4) is 0 Å². The minimum atomic E-state index is 0.364. The molecule has 72 valence electrons. The zero-order chi connectivity index (χ0) is 9.26. The van der Waals surface area contributed by atoms with E-state index >= 15 is 0 Å². The van der Waals surface area contributed by atoms with Crippen LogP contribution in [0.5, 0.6) is 0 Å². The molecule has 1 saturated carbocycles. The van der Waals surface area contributed by atoms with Crippen molar-refractivity contribution in [1.82, 2.24) is 15.2 Å². The Bertz CT molecular complexity index is 278. The predicted octanol–water partition coefficient (Wildman–Crippen LogP) is 0.987. The molecule has 0 spiro atoms. The Kier molecular flexibility index (Phi) is 2.08. The Labute approximate surface area is 77.1 Å². The zero-order valence-electron chi connectivity index (χ0n) is 7.75. The quantitative estimate of drug-likeness (QED) is 0.649. The highest BCUT2D eigenvalue weighted by Crippen LogP contribution is 2.30. The van der Waals surface area contributed by atoms with Crippen molar-refractivity contribution in [2.45, 2.75) is 32.2 Å². The van der Waals surface area contributed by atoms with Gasteiger partial charge in [0.15, 0.2) is 0 Å². The molecule has 1 heterocycles. The molecule has 1 unspecified atom stereocenters.